The van der Waals surface area contributed by atoms with Crippen LogP contribution < -0.4 is 5.32 Å². The van der Waals surface area contributed by atoms with Gasteiger partial charge in [-0.05, 0) is 36.5 Å². The first-order valence-electron chi connectivity index (χ1n) is 8.25. The van der Waals surface area contributed by atoms with Crippen LogP contribution in [0.1, 0.15) is 40.4 Å². The van der Waals surface area contributed by atoms with Gasteiger partial charge in [0.15, 0.2) is 0 Å². The monoisotopic (exact) mass is 319 g/mol. The predicted molar refractivity (Wildman–Crippen MR) is 94.7 cm³/mol. The van der Waals surface area contributed by atoms with E-state index in [2.05, 4.69) is 41.7 Å². The SMILES string of the molecule is O=C(NC(CCCc1ccccc1)c1ccccc1)c1ccoc1. The van der Waals surface area contributed by atoms with Gasteiger partial charge in [-0.25, -0.2) is 0 Å². The molecule has 122 valence electrons. The molecule has 3 rings (SSSR count). The van der Waals surface area contributed by atoms with E-state index in [0.717, 1.165) is 24.8 Å². The Labute approximate surface area is 142 Å². The third-order valence-corrected chi connectivity index (χ3v) is 4.09. The number of amides is 1. The molecule has 1 atom stereocenters. The summed E-state index contributed by atoms with van der Waals surface area (Å²) in [5, 5.41) is 3.12. The molecule has 0 saturated heterocycles. The Morgan fingerprint density at radius 3 is 2.33 bits per heavy atom. The fourth-order valence-corrected chi connectivity index (χ4v) is 2.80. The number of nitrogens with one attached hydrogen (secondary N) is 1. The average molecular weight is 319 g/mol. The maximum absolute atomic E-state index is 12.4. The van der Waals surface area contributed by atoms with Gasteiger partial charge in [0.05, 0.1) is 17.9 Å². The largest absolute Gasteiger partial charge is 0.472 e. The van der Waals surface area contributed by atoms with E-state index in [0.29, 0.717) is 5.56 Å². The van der Waals surface area contributed by atoms with Crippen LogP contribution in [0.2, 0.25) is 0 Å². The molecule has 1 aromatic heterocycles. The van der Waals surface area contributed by atoms with Gasteiger partial charge in [-0.1, -0.05) is 60.7 Å². The van der Waals surface area contributed by atoms with Crippen molar-refractivity contribution in [1.29, 1.82) is 0 Å². The number of benzene rings is 2. The molecule has 24 heavy (non-hydrogen) atoms. The van der Waals surface area contributed by atoms with Gasteiger partial charge in [0.1, 0.15) is 6.26 Å². The van der Waals surface area contributed by atoms with E-state index in [1.165, 1.54) is 18.1 Å². The van der Waals surface area contributed by atoms with Gasteiger partial charge in [0.2, 0.25) is 0 Å². The van der Waals surface area contributed by atoms with E-state index < -0.39 is 0 Å². The lowest BCUT2D eigenvalue weighted by Crippen LogP contribution is -2.28. The summed E-state index contributed by atoms with van der Waals surface area (Å²) in [6.45, 7) is 0. The number of carbonyl (C=O) groups excluding carboxylic acids is 1. The first-order valence-corrected chi connectivity index (χ1v) is 8.25. The molecule has 1 unspecified atom stereocenters. The van der Waals surface area contributed by atoms with Crippen molar-refractivity contribution in [1.82, 2.24) is 5.32 Å². The topological polar surface area (TPSA) is 42.2 Å². The van der Waals surface area contributed by atoms with Gasteiger partial charge in [0.25, 0.3) is 5.91 Å². The second kappa shape index (κ2) is 8.16. The van der Waals surface area contributed by atoms with Crippen molar-refractivity contribution >= 4 is 5.91 Å². The Balaban J connectivity index is 1.65. The molecule has 3 heteroatoms. The van der Waals surface area contributed by atoms with Crippen molar-refractivity contribution < 1.29 is 9.21 Å². The van der Waals surface area contributed by atoms with Crippen molar-refractivity contribution in [3.05, 3.63) is 95.9 Å². The molecule has 0 aliphatic carbocycles. The number of hydrogen-bond donors (Lipinski definition) is 1. The summed E-state index contributed by atoms with van der Waals surface area (Å²) in [5.41, 5.74) is 3.01. The number of aryl methyl sites for hydroxylation is 1. The first kappa shape index (κ1) is 16.1. The van der Waals surface area contributed by atoms with Gasteiger partial charge < -0.3 is 9.73 Å². The number of hydrogen-bond acceptors (Lipinski definition) is 2. The van der Waals surface area contributed by atoms with Crippen LogP contribution in [0.5, 0.6) is 0 Å². The van der Waals surface area contributed by atoms with E-state index in [1.54, 1.807) is 6.07 Å². The van der Waals surface area contributed by atoms with E-state index in [1.807, 2.05) is 24.3 Å². The van der Waals surface area contributed by atoms with E-state index in [4.69, 9.17) is 4.42 Å². The Morgan fingerprint density at radius 2 is 1.67 bits per heavy atom. The van der Waals surface area contributed by atoms with Crippen LogP contribution >= 0.6 is 0 Å². The standard InChI is InChI=1S/C21H21NO2/c23-21(19-14-15-24-16-19)22-20(18-11-5-2-6-12-18)13-7-10-17-8-3-1-4-9-17/h1-6,8-9,11-12,14-16,20H,7,10,13H2,(H,22,23). The van der Waals surface area contributed by atoms with Crippen LogP contribution in [0, 0.1) is 0 Å². The third-order valence-electron chi connectivity index (χ3n) is 4.09. The van der Waals surface area contributed by atoms with Crippen LogP contribution in [-0.2, 0) is 6.42 Å². The lowest BCUT2D eigenvalue weighted by molar-refractivity contribution is 0.0933. The fourth-order valence-electron chi connectivity index (χ4n) is 2.80. The molecule has 2 aromatic carbocycles. The molecule has 0 fully saturated rings. The van der Waals surface area contributed by atoms with E-state index in [9.17, 15) is 4.79 Å². The maximum Gasteiger partial charge on any atom is 0.255 e. The van der Waals surface area contributed by atoms with Gasteiger partial charge in [-0.3, -0.25) is 4.79 Å². The summed E-state index contributed by atoms with van der Waals surface area (Å²) in [6.07, 6.45) is 5.90. The molecule has 1 amide bonds. The van der Waals surface area contributed by atoms with Gasteiger partial charge in [-0.15, -0.1) is 0 Å². The highest BCUT2D eigenvalue weighted by Gasteiger charge is 2.16. The molecule has 1 N–H and O–H groups in total. The highest BCUT2D eigenvalue weighted by molar-refractivity contribution is 5.94. The van der Waals surface area contributed by atoms with Crippen molar-refractivity contribution in [3.8, 4) is 0 Å². The van der Waals surface area contributed by atoms with Crippen molar-refractivity contribution in [2.24, 2.45) is 0 Å². The Kier molecular flexibility index (Phi) is 5.46. The number of rotatable bonds is 7. The zero-order valence-corrected chi connectivity index (χ0v) is 13.5. The quantitative estimate of drug-likeness (QED) is 0.681. The maximum atomic E-state index is 12.4. The van der Waals surface area contributed by atoms with Crippen LogP contribution in [0.4, 0.5) is 0 Å². The Bertz CT molecular complexity index is 736. The lowest BCUT2D eigenvalue weighted by atomic mass is 9.98. The molecule has 3 nitrogen and oxygen atoms in total. The smallest absolute Gasteiger partial charge is 0.255 e. The lowest BCUT2D eigenvalue weighted by Gasteiger charge is -2.19. The summed E-state index contributed by atoms with van der Waals surface area (Å²) in [7, 11) is 0. The summed E-state index contributed by atoms with van der Waals surface area (Å²) in [6, 6.07) is 22.2. The van der Waals surface area contributed by atoms with Crippen molar-refractivity contribution in [2.75, 3.05) is 0 Å². The minimum Gasteiger partial charge on any atom is -0.472 e. The minimum absolute atomic E-state index is 0.00249. The second-order valence-corrected chi connectivity index (χ2v) is 5.83. The van der Waals surface area contributed by atoms with Crippen LogP contribution in [0.25, 0.3) is 0 Å². The van der Waals surface area contributed by atoms with Gasteiger partial charge in [0, 0.05) is 0 Å². The van der Waals surface area contributed by atoms with Crippen LogP contribution in [0.3, 0.4) is 0 Å². The number of furan rings is 1. The van der Waals surface area contributed by atoms with Crippen molar-refractivity contribution in [3.63, 3.8) is 0 Å². The van der Waals surface area contributed by atoms with Crippen LogP contribution in [-0.4, -0.2) is 5.91 Å². The predicted octanol–water partition coefficient (Wildman–Crippen LogP) is 4.77. The number of carbonyl (C=O) groups is 1. The normalized spacial score (nSPS) is 11.8. The average Bonchev–Trinajstić information content (AvgIpc) is 3.17. The molecule has 0 aliphatic rings. The Hall–Kier alpha value is -2.81. The Morgan fingerprint density at radius 1 is 0.958 bits per heavy atom. The molecular formula is C21H21NO2. The van der Waals surface area contributed by atoms with Gasteiger partial charge >= 0.3 is 0 Å². The summed E-state index contributed by atoms with van der Waals surface area (Å²) >= 11 is 0. The fraction of sp³-hybridized carbons (Fsp3) is 0.190. The molecule has 0 bridgehead atoms. The van der Waals surface area contributed by atoms with Gasteiger partial charge in [-0.2, -0.15) is 0 Å². The van der Waals surface area contributed by atoms with E-state index in [-0.39, 0.29) is 11.9 Å². The van der Waals surface area contributed by atoms with Crippen LogP contribution in [0.15, 0.2) is 83.7 Å². The molecule has 1 heterocycles. The third kappa shape index (κ3) is 4.35. The van der Waals surface area contributed by atoms with E-state index >= 15 is 0 Å². The zero-order chi connectivity index (χ0) is 16.6. The summed E-state index contributed by atoms with van der Waals surface area (Å²) < 4.78 is 5.00. The molecule has 0 spiro atoms. The first-order chi connectivity index (χ1) is 11.8. The highest BCUT2D eigenvalue weighted by atomic mass is 16.3. The highest BCUT2D eigenvalue weighted by Crippen LogP contribution is 2.20. The zero-order valence-electron chi connectivity index (χ0n) is 13.5. The second-order valence-electron chi connectivity index (χ2n) is 5.83. The molecule has 0 radical (unpaired) electrons. The molecule has 0 aliphatic heterocycles. The minimum atomic E-state index is -0.0997. The molecular weight excluding hydrogens is 298 g/mol. The molecule has 3 aromatic rings. The summed E-state index contributed by atoms with van der Waals surface area (Å²) in [5.74, 6) is -0.0997. The molecule has 0 saturated carbocycles. The van der Waals surface area contributed by atoms with Crippen molar-refractivity contribution in [2.45, 2.75) is 25.3 Å². The summed E-state index contributed by atoms with van der Waals surface area (Å²) in [4.78, 5) is 12.4.